The second kappa shape index (κ2) is 12.1. The molecule has 1 aliphatic rings. The molecule has 7 nitrogen and oxygen atoms in total. The minimum absolute atomic E-state index is 0.157. The molecule has 0 N–H and O–H groups in total. The molecule has 0 bridgehead atoms. The molecule has 4 aromatic rings. The Morgan fingerprint density at radius 2 is 1.88 bits per heavy atom. The zero-order valence-electron chi connectivity index (χ0n) is 22.5. The fraction of sp³-hybridized carbons (Fsp3) is 0.194. The van der Waals surface area contributed by atoms with Crippen molar-refractivity contribution < 1.29 is 23.4 Å². The van der Waals surface area contributed by atoms with Crippen LogP contribution in [-0.4, -0.2) is 24.3 Å². The Bertz CT molecular complexity index is 1810. The normalized spacial score (nSPS) is 14.9. The summed E-state index contributed by atoms with van der Waals surface area (Å²) in [5.74, 6) is -0.207. The van der Waals surface area contributed by atoms with E-state index < -0.39 is 17.8 Å². The SMILES string of the molecule is CCOC(=O)C1=C(C)N=c2s/c(=C\c3cc(Cl)c(OCc4ccccc4)c(OC)c3)c(=O)n2[C@@H]1c1ccc(F)cc1. The number of hydrogen-bond acceptors (Lipinski definition) is 7. The Morgan fingerprint density at radius 3 is 2.56 bits per heavy atom. The lowest BCUT2D eigenvalue weighted by Gasteiger charge is -2.24. The minimum Gasteiger partial charge on any atom is -0.493 e. The van der Waals surface area contributed by atoms with Gasteiger partial charge in [-0.25, -0.2) is 14.2 Å². The van der Waals surface area contributed by atoms with Crippen molar-refractivity contribution in [1.82, 2.24) is 4.57 Å². The molecule has 0 saturated carbocycles. The van der Waals surface area contributed by atoms with Gasteiger partial charge in [0.05, 0.1) is 40.6 Å². The van der Waals surface area contributed by atoms with Gasteiger partial charge in [0, 0.05) is 0 Å². The molecule has 0 spiro atoms. The molecular weight excluding hydrogens is 567 g/mol. The average Bonchev–Trinajstić information content (AvgIpc) is 3.26. The van der Waals surface area contributed by atoms with Crippen LogP contribution in [0.4, 0.5) is 4.39 Å². The van der Waals surface area contributed by atoms with Crippen molar-refractivity contribution in [3.8, 4) is 11.5 Å². The van der Waals surface area contributed by atoms with Crippen LogP contribution in [0.2, 0.25) is 5.02 Å². The molecule has 0 radical (unpaired) electrons. The number of hydrogen-bond donors (Lipinski definition) is 0. The Balaban J connectivity index is 1.58. The lowest BCUT2D eigenvalue weighted by molar-refractivity contribution is -0.139. The number of esters is 1. The number of halogens is 2. The molecule has 1 atom stereocenters. The first-order chi connectivity index (χ1) is 19.8. The first-order valence-electron chi connectivity index (χ1n) is 12.8. The zero-order valence-corrected chi connectivity index (χ0v) is 24.1. The van der Waals surface area contributed by atoms with Crippen molar-refractivity contribution in [3.05, 3.63) is 125 Å². The number of fused-ring (bicyclic) bond motifs is 1. The lowest BCUT2D eigenvalue weighted by atomic mass is 9.96. The maximum Gasteiger partial charge on any atom is 0.338 e. The van der Waals surface area contributed by atoms with Crippen LogP contribution in [0.1, 0.15) is 36.6 Å². The molecular formula is C31H26ClFN2O5S. The summed E-state index contributed by atoms with van der Waals surface area (Å²) in [6.07, 6.45) is 1.68. The van der Waals surface area contributed by atoms with Gasteiger partial charge in [-0.3, -0.25) is 9.36 Å². The highest BCUT2D eigenvalue weighted by Gasteiger charge is 2.33. The number of methoxy groups -OCH3 is 1. The van der Waals surface area contributed by atoms with Gasteiger partial charge in [-0.15, -0.1) is 0 Å². The van der Waals surface area contributed by atoms with E-state index in [1.807, 2.05) is 30.3 Å². The van der Waals surface area contributed by atoms with Crippen LogP contribution in [-0.2, 0) is 16.1 Å². The number of rotatable bonds is 8. The van der Waals surface area contributed by atoms with Gasteiger partial charge < -0.3 is 14.2 Å². The van der Waals surface area contributed by atoms with Crippen LogP contribution in [0.25, 0.3) is 6.08 Å². The van der Waals surface area contributed by atoms with Crippen molar-refractivity contribution in [2.75, 3.05) is 13.7 Å². The van der Waals surface area contributed by atoms with Crippen molar-refractivity contribution >= 4 is 35.0 Å². The highest BCUT2D eigenvalue weighted by Crippen LogP contribution is 2.37. The number of ether oxygens (including phenoxy) is 3. The number of aromatic nitrogens is 1. The van der Waals surface area contributed by atoms with E-state index in [1.165, 1.54) is 35.1 Å². The quantitative estimate of drug-likeness (QED) is 0.264. The Kier molecular flexibility index (Phi) is 8.37. The molecule has 1 aliphatic heterocycles. The number of nitrogens with zero attached hydrogens (tertiary/aromatic N) is 2. The van der Waals surface area contributed by atoms with E-state index >= 15 is 0 Å². The van der Waals surface area contributed by atoms with Crippen LogP contribution in [0.5, 0.6) is 11.5 Å². The van der Waals surface area contributed by atoms with Gasteiger partial charge in [-0.1, -0.05) is 65.4 Å². The van der Waals surface area contributed by atoms with E-state index in [4.69, 9.17) is 25.8 Å². The van der Waals surface area contributed by atoms with E-state index in [1.54, 1.807) is 44.2 Å². The summed E-state index contributed by atoms with van der Waals surface area (Å²) in [6, 6.07) is 17.9. The molecule has 0 saturated heterocycles. The highest BCUT2D eigenvalue weighted by molar-refractivity contribution is 7.07. The molecule has 3 aromatic carbocycles. The number of carbonyl (C=O) groups excluding carboxylic acids is 1. The Hall–Kier alpha value is -4.21. The fourth-order valence-electron chi connectivity index (χ4n) is 4.60. The number of carbonyl (C=O) groups is 1. The predicted octanol–water partition coefficient (Wildman–Crippen LogP) is 5.18. The van der Waals surface area contributed by atoms with Crippen molar-refractivity contribution in [2.45, 2.75) is 26.5 Å². The van der Waals surface area contributed by atoms with Crippen LogP contribution in [0.15, 0.2) is 87.8 Å². The molecule has 2 heterocycles. The average molecular weight is 593 g/mol. The van der Waals surface area contributed by atoms with Gasteiger partial charge >= 0.3 is 5.97 Å². The summed E-state index contributed by atoms with van der Waals surface area (Å²) in [7, 11) is 1.51. The van der Waals surface area contributed by atoms with E-state index in [0.29, 0.717) is 49.3 Å². The van der Waals surface area contributed by atoms with Gasteiger partial charge in [0.2, 0.25) is 0 Å². The van der Waals surface area contributed by atoms with Crippen molar-refractivity contribution in [2.24, 2.45) is 4.99 Å². The zero-order chi connectivity index (χ0) is 29.1. The third-order valence-electron chi connectivity index (χ3n) is 6.48. The summed E-state index contributed by atoms with van der Waals surface area (Å²) < 4.78 is 32.4. The predicted molar refractivity (Wildman–Crippen MR) is 156 cm³/mol. The molecule has 0 amide bonds. The smallest absolute Gasteiger partial charge is 0.338 e. The molecule has 0 aliphatic carbocycles. The molecule has 10 heteroatoms. The number of allylic oxidation sites excluding steroid dienone is 1. The fourth-order valence-corrected chi connectivity index (χ4v) is 5.92. The lowest BCUT2D eigenvalue weighted by Crippen LogP contribution is -2.39. The van der Waals surface area contributed by atoms with E-state index in [9.17, 15) is 14.0 Å². The molecule has 5 rings (SSSR count). The molecule has 0 unspecified atom stereocenters. The molecule has 41 heavy (non-hydrogen) atoms. The standard InChI is InChI=1S/C31H26ClFN2O5S/c1-4-39-30(37)26-18(2)34-31-35(27(26)21-10-12-22(33)13-11-21)29(36)25(41-31)16-20-14-23(32)28(24(15-20)38-3)40-17-19-8-6-5-7-9-19/h5-16,27H,4,17H2,1-3H3/b25-16-/t27-/m1/s1. The third-order valence-corrected chi connectivity index (χ3v) is 7.74. The van der Waals surface area contributed by atoms with Gasteiger partial charge in [0.15, 0.2) is 16.3 Å². The van der Waals surface area contributed by atoms with Crippen LogP contribution in [0, 0.1) is 5.82 Å². The first kappa shape index (κ1) is 28.3. The number of thiazole rings is 1. The summed E-state index contributed by atoms with van der Waals surface area (Å²) in [6.45, 7) is 3.86. The first-order valence-corrected chi connectivity index (χ1v) is 14.0. The Labute approximate surface area is 244 Å². The topological polar surface area (TPSA) is 79.1 Å². The van der Waals surface area contributed by atoms with Crippen LogP contribution >= 0.6 is 22.9 Å². The molecule has 210 valence electrons. The monoisotopic (exact) mass is 592 g/mol. The molecule has 1 aromatic heterocycles. The van der Waals surface area contributed by atoms with Gasteiger partial charge in [-0.2, -0.15) is 0 Å². The van der Waals surface area contributed by atoms with Crippen LogP contribution < -0.4 is 24.4 Å². The summed E-state index contributed by atoms with van der Waals surface area (Å²) in [4.78, 5) is 31.8. The van der Waals surface area contributed by atoms with E-state index in [0.717, 1.165) is 5.56 Å². The summed E-state index contributed by atoms with van der Waals surface area (Å²) in [5.41, 5.74) is 2.43. The van der Waals surface area contributed by atoms with Gasteiger partial charge in [-0.05, 0) is 60.9 Å². The third kappa shape index (κ3) is 5.82. The Morgan fingerprint density at radius 1 is 1.15 bits per heavy atom. The van der Waals surface area contributed by atoms with Gasteiger partial charge in [0.25, 0.3) is 5.56 Å². The highest BCUT2D eigenvalue weighted by atomic mass is 35.5. The number of benzene rings is 3. The largest absolute Gasteiger partial charge is 0.493 e. The van der Waals surface area contributed by atoms with E-state index in [2.05, 4.69) is 4.99 Å². The second-order valence-electron chi connectivity index (χ2n) is 9.16. The van der Waals surface area contributed by atoms with Crippen molar-refractivity contribution in [1.29, 1.82) is 0 Å². The van der Waals surface area contributed by atoms with Crippen LogP contribution in [0.3, 0.4) is 0 Å². The minimum atomic E-state index is -0.833. The van der Waals surface area contributed by atoms with Gasteiger partial charge in [0.1, 0.15) is 12.4 Å². The maximum absolute atomic E-state index is 13.8. The van der Waals surface area contributed by atoms with Crippen molar-refractivity contribution in [3.63, 3.8) is 0 Å². The van der Waals surface area contributed by atoms with E-state index in [-0.39, 0.29) is 17.7 Å². The summed E-state index contributed by atoms with van der Waals surface area (Å²) >= 11 is 7.77. The second-order valence-corrected chi connectivity index (χ2v) is 10.6. The summed E-state index contributed by atoms with van der Waals surface area (Å²) in [5, 5.41) is 0.323. The molecule has 0 fully saturated rings. The maximum atomic E-state index is 13.8.